The highest BCUT2D eigenvalue weighted by Gasteiger charge is 2.17. The number of amides is 1. The number of likely N-dealkylation sites (N-methyl/N-ethyl adjacent to an activating group) is 1. The van der Waals surface area contributed by atoms with Crippen LogP contribution < -0.4 is 4.74 Å². The van der Waals surface area contributed by atoms with E-state index in [2.05, 4.69) is 4.98 Å². The number of hydrogen-bond donors (Lipinski definition) is 0. The highest BCUT2D eigenvalue weighted by molar-refractivity contribution is 5.94. The fourth-order valence-corrected chi connectivity index (χ4v) is 2.49. The first-order valence-corrected chi connectivity index (χ1v) is 7.14. The van der Waals surface area contributed by atoms with Crippen LogP contribution in [0.4, 0.5) is 0 Å². The van der Waals surface area contributed by atoms with Gasteiger partial charge >= 0.3 is 0 Å². The summed E-state index contributed by atoms with van der Waals surface area (Å²) in [7, 11) is 1.84. The van der Waals surface area contributed by atoms with Gasteiger partial charge in [-0.3, -0.25) is 9.78 Å². The highest BCUT2D eigenvalue weighted by atomic mass is 16.5. The summed E-state index contributed by atoms with van der Waals surface area (Å²) in [5, 5.41) is 0. The molecule has 0 saturated carbocycles. The molecule has 1 amide bonds. The van der Waals surface area contributed by atoms with E-state index in [1.54, 1.807) is 17.3 Å². The lowest BCUT2D eigenvalue weighted by atomic mass is 10.1. The Morgan fingerprint density at radius 1 is 1.29 bits per heavy atom. The van der Waals surface area contributed by atoms with E-state index in [1.807, 2.05) is 37.4 Å². The van der Waals surface area contributed by atoms with Gasteiger partial charge in [0.25, 0.3) is 5.91 Å². The second-order valence-electron chi connectivity index (χ2n) is 5.25. The van der Waals surface area contributed by atoms with Crippen molar-refractivity contribution in [2.75, 3.05) is 20.2 Å². The van der Waals surface area contributed by atoms with Crippen molar-refractivity contribution in [3.05, 3.63) is 59.4 Å². The lowest BCUT2D eigenvalue weighted by Gasteiger charge is -2.17. The van der Waals surface area contributed by atoms with E-state index in [0.29, 0.717) is 13.2 Å². The van der Waals surface area contributed by atoms with Crippen molar-refractivity contribution in [3.8, 4) is 5.75 Å². The van der Waals surface area contributed by atoms with Gasteiger partial charge in [-0.15, -0.1) is 0 Å². The Balaban J connectivity index is 1.64. The summed E-state index contributed by atoms with van der Waals surface area (Å²) in [4.78, 5) is 18.2. The molecule has 1 aliphatic rings. The lowest BCUT2D eigenvalue weighted by Crippen LogP contribution is -2.28. The van der Waals surface area contributed by atoms with Crippen molar-refractivity contribution in [3.63, 3.8) is 0 Å². The minimum atomic E-state index is 0.0544. The number of rotatable bonds is 4. The molecular weight excluding hydrogens is 264 g/mol. The third-order valence-corrected chi connectivity index (χ3v) is 3.77. The molecule has 0 N–H and O–H groups in total. The molecule has 0 aliphatic carbocycles. The predicted molar refractivity (Wildman–Crippen MR) is 80.5 cm³/mol. The molecule has 1 aliphatic heterocycles. The molecule has 21 heavy (non-hydrogen) atoms. The SMILES string of the molecule is CN(CCc1ccncc1)C(=O)c1ccc2c(c1)CCO2. The van der Waals surface area contributed by atoms with E-state index in [1.165, 1.54) is 5.56 Å². The molecule has 3 rings (SSSR count). The van der Waals surface area contributed by atoms with Crippen molar-refractivity contribution in [2.24, 2.45) is 0 Å². The highest BCUT2D eigenvalue weighted by Crippen LogP contribution is 2.26. The van der Waals surface area contributed by atoms with Crippen LogP contribution in [0.1, 0.15) is 21.5 Å². The van der Waals surface area contributed by atoms with E-state index in [9.17, 15) is 4.79 Å². The molecule has 0 spiro atoms. The molecule has 4 nitrogen and oxygen atoms in total. The number of carbonyl (C=O) groups excluding carboxylic acids is 1. The molecule has 2 heterocycles. The Morgan fingerprint density at radius 2 is 2.10 bits per heavy atom. The zero-order chi connectivity index (χ0) is 14.7. The van der Waals surface area contributed by atoms with Crippen molar-refractivity contribution < 1.29 is 9.53 Å². The van der Waals surface area contributed by atoms with Crippen LogP contribution in [0.3, 0.4) is 0 Å². The second-order valence-corrected chi connectivity index (χ2v) is 5.25. The number of hydrogen-bond acceptors (Lipinski definition) is 3. The Morgan fingerprint density at radius 3 is 2.90 bits per heavy atom. The van der Waals surface area contributed by atoms with Gasteiger partial charge in [0.2, 0.25) is 0 Å². The second kappa shape index (κ2) is 5.95. The van der Waals surface area contributed by atoms with Crippen LogP contribution in [0.25, 0.3) is 0 Å². The molecule has 0 atom stereocenters. The molecule has 2 aromatic rings. The summed E-state index contributed by atoms with van der Waals surface area (Å²) in [6.45, 7) is 1.40. The molecular formula is C17H18N2O2. The monoisotopic (exact) mass is 282 g/mol. The zero-order valence-electron chi connectivity index (χ0n) is 12.1. The summed E-state index contributed by atoms with van der Waals surface area (Å²) < 4.78 is 5.47. The van der Waals surface area contributed by atoms with Crippen LogP contribution >= 0.6 is 0 Å². The van der Waals surface area contributed by atoms with Gasteiger partial charge < -0.3 is 9.64 Å². The van der Waals surface area contributed by atoms with Crippen molar-refractivity contribution in [1.29, 1.82) is 0 Å². The topological polar surface area (TPSA) is 42.4 Å². The Labute approximate surface area is 124 Å². The maximum Gasteiger partial charge on any atom is 0.253 e. The number of pyridine rings is 1. The van der Waals surface area contributed by atoms with Gasteiger partial charge in [0.05, 0.1) is 6.61 Å². The van der Waals surface area contributed by atoms with Gasteiger partial charge in [-0.1, -0.05) is 0 Å². The summed E-state index contributed by atoms with van der Waals surface area (Å²) >= 11 is 0. The maximum absolute atomic E-state index is 12.4. The van der Waals surface area contributed by atoms with Gasteiger partial charge in [-0.05, 0) is 47.9 Å². The molecule has 1 aromatic heterocycles. The van der Waals surface area contributed by atoms with Gasteiger partial charge in [0.15, 0.2) is 0 Å². The maximum atomic E-state index is 12.4. The molecule has 0 fully saturated rings. The molecule has 0 bridgehead atoms. The number of carbonyl (C=O) groups is 1. The minimum Gasteiger partial charge on any atom is -0.493 e. The van der Waals surface area contributed by atoms with Gasteiger partial charge in [0, 0.05) is 38.0 Å². The van der Waals surface area contributed by atoms with Crippen LogP contribution in [0.5, 0.6) is 5.75 Å². The molecule has 0 radical (unpaired) electrons. The molecule has 0 unspecified atom stereocenters. The Hall–Kier alpha value is -2.36. The van der Waals surface area contributed by atoms with E-state index in [0.717, 1.165) is 29.7 Å². The van der Waals surface area contributed by atoms with Crippen LogP contribution in [0.15, 0.2) is 42.7 Å². The Kier molecular flexibility index (Phi) is 3.86. The van der Waals surface area contributed by atoms with Crippen LogP contribution in [-0.2, 0) is 12.8 Å². The van der Waals surface area contributed by atoms with E-state index >= 15 is 0 Å². The number of benzene rings is 1. The number of ether oxygens (including phenoxy) is 1. The normalized spacial score (nSPS) is 12.6. The molecule has 4 heteroatoms. The standard InChI is InChI=1S/C17H18N2O2/c1-19(10-6-13-4-8-18-9-5-13)17(20)15-2-3-16-14(12-15)7-11-21-16/h2-5,8-9,12H,6-7,10-11H2,1H3. The third-order valence-electron chi connectivity index (χ3n) is 3.77. The average molecular weight is 282 g/mol. The zero-order valence-corrected chi connectivity index (χ0v) is 12.1. The number of aromatic nitrogens is 1. The summed E-state index contributed by atoms with van der Waals surface area (Å²) in [5.74, 6) is 0.963. The minimum absolute atomic E-state index is 0.0544. The number of nitrogens with zero attached hydrogens (tertiary/aromatic N) is 2. The van der Waals surface area contributed by atoms with Crippen LogP contribution in [0.2, 0.25) is 0 Å². The quantitative estimate of drug-likeness (QED) is 0.864. The smallest absolute Gasteiger partial charge is 0.253 e. The van der Waals surface area contributed by atoms with Crippen LogP contribution in [-0.4, -0.2) is 36.0 Å². The van der Waals surface area contributed by atoms with Gasteiger partial charge in [0.1, 0.15) is 5.75 Å². The van der Waals surface area contributed by atoms with Crippen LogP contribution in [0, 0.1) is 0 Å². The molecule has 0 saturated heterocycles. The summed E-state index contributed by atoms with van der Waals surface area (Å²) in [6, 6.07) is 9.64. The largest absolute Gasteiger partial charge is 0.493 e. The lowest BCUT2D eigenvalue weighted by molar-refractivity contribution is 0.0796. The molecule has 1 aromatic carbocycles. The van der Waals surface area contributed by atoms with Crippen molar-refractivity contribution in [1.82, 2.24) is 9.88 Å². The average Bonchev–Trinajstić information content (AvgIpc) is 3.00. The first kappa shape index (κ1) is 13.6. The fourth-order valence-electron chi connectivity index (χ4n) is 2.49. The third kappa shape index (κ3) is 3.05. The van der Waals surface area contributed by atoms with Crippen molar-refractivity contribution >= 4 is 5.91 Å². The van der Waals surface area contributed by atoms with E-state index < -0.39 is 0 Å². The fraction of sp³-hybridized carbons (Fsp3) is 0.294. The van der Waals surface area contributed by atoms with Crippen molar-refractivity contribution in [2.45, 2.75) is 12.8 Å². The first-order valence-electron chi connectivity index (χ1n) is 7.14. The number of fused-ring (bicyclic) bond motifs is 1. The van der Waals surface area contributed by atoms with Gasteiger partial charge in [-0.25, -0.2) is 0 Å². The van der Waals surface area contributed by atoms with E-state index in [-0.39, 0.29) is 5.91 Å². The summed E-state index contributed by atoms with van der Waals surface area (Å²) in [5.41, 5.74) is 3.05. The van der Waals surface area contributed by atoms with Gasteiger partial charge in [-0.2, -0.15) is 0 Å². The first-order chi connectivity index (χ1) is 10.2. The Bertz CT molecular complexity index is 640. The van der Waals surface area contributed by atoms with E-state index in [4.69, 9.17) is 4.74 Å². The predicted octanol–water partition coefficient (Wildman–Crippen LogP) is 2.33. The molecule has 108 valence electrons. The summed E-state index contributed by atoms with van der Waals surface area (Å²) in [6.07, 6.45) is 5.27.